The quantitative estimate of drug-likeness (QED) is 0.778. The number of rotatable bonds is 3. The largest absolute Gasteiger partial charge is 0.274 e. The molecule has 18 heavy (non-hydrogen) atoms. The van der Waals surface area contributed by atoms with E-state index in [4.69, 9.17) is 0 Å². The van der Waals surface area contributed by atoms with Crippen LogP contribution >= 0.6 is 0 Å². The van der Waals surface area contributed by atoms with Crippen molar-refractivity contribution in [1.29, 1.82) is 0 Å². The van der Waals surface area contributed by atoms with Gasteiger partial charge in [-0.15, -0.1) is 0 Å². The lowest BCUT2D eigenvalue weighted by Gasteiger charge is -2.16. The van der Waals surface area contributed by atoms with Gasteiger partial charge in [-0.3, -0.25) is 4.68 Å². The Morgan fingerprint density at radius 3 is 2.50 bits per heavy atom. The number of hydrogen-bond donors (Lipinski definition) is 0. The van der Waals surface area contributed by atoms with Gasteiger partial charge >= 0.3 is 0 Å². The molecule has 5 nitrogen and oxygen atoms in total. The van der Waals surface area contributed by atoms with Gasteiger partial charge < -0.3 is 0 Å². The van der Waals surface area contributed by atoms with E-state index in [0.29, 0.717) is 29.6 Å². The fourth-order valence-electron chi connectivity index (χ4n) is 2.12. The van der Waals surface area contributed by atoms with Crippen LogP contribution < -0.4 is 0 Å². The molecule has 2 rings (SSSR count). The van der Waals surface area contributed by atoms with Crippen LogP contribution in [0, 0.1) is 12.8 Å². The highest BCUT2D eigenvalue weighted by Gasteiger charge is 2.31. The molecule has 0 unspecified atom stereocenters. The molecule has 1 aliphatic rings. The normalized spacial score (nSPS) is 17.5. The third-order valence-corrected chi connectivity index (χ3v) is 5.16. The van der Waals surface area contributed by atoms with Crippen molar-refractivity contribution in [3.05, 3.63) is 23.5 Å². The molecule has 0 spiro atoms. The average molecular weight is 269 g/mol. The highest BCUT2D eigenvalue weighted by atomic mass is 32.2. The fraction of sp³-hybridized carbons (Fsp3) is 0.583. The molecule has 0 saturated heterocycles. The molecule has 0 fully saturated rings. The minimum atomic E-state index is -3.42. The monoisotopic (exact) mass is 269 g/mol. The molecule has 1 aromatic heterocycles. The van der Waals surface area contributed by atoms with Gasteiger partial charge in [-0.1, -0.05) is 25.5 Å². The van der Waals surface area contributed by atoms with E-state index in [0.717, 1.165) is 0 Å². The van der Waals surface area contributed by atoms with E-state index < -0.39 is 10.0 Å². The predicted octanol–water partition coefficient (Wildman–Crippen LogP) is 1.32. The van der Waals surface area contributed by atoms with Crippen LogP contribution in [0.15, 0.2) is 22.7 Å². The summed E-state index contributed by atoms with van der Waals surface area (Å²) in [6.45, 7) is 6.84. The van der Waals surface area contributed by atoms with Crippen molar-refractivity contribution in [3.63, 3.8) is 0 Å². The van der Waals surface area contributed by atoms with Crippen LogP contribution in [-0.4, -0.2) is 35.6 Å². The Balaban J connectivity index is 2.27. The molecule has 0 aliphatic carbocycles. The molecule has 0 aromatic carbocycles. The van der Waals surface area contributed by atoms with E-state index in [1.165, 1.54) is 14.6 Å². The Bertz CT molecular complexity index is 584. The van der Waals surface area contributed by atoms with Gasteiger partial charge in [-0.05, 0) is 12.8 Å². The number of aromatic nitrogens is 2. The molecule has 0 bridgehead atoms. The summed E-state index contributed by atoms with van der Waals surface area (Å²) in [6.07, 6.45) is 3.58. The molecule has 0 amide bonds. The first-order valence-corrected chi connectivity index (χ1v) is 7.45. The lowest BCUT2D eigenvalue weighted by Crippen LogP contribution is -2.29. The lowest BCUT2D eigenvalue weighted by molar-refractivity contribution is 0.477. The Morgan fingerprint density at radius 2 is 2.06 bits per heavy atom. The molecule has 0 radical (unpaired) electrons. The molecule has 0 atom stereocenters. The summed E-state index contributed by atoms with van der Waals surface area (Å²) in [7, 11) is -1.69. The van der Waals surface area contributed by atoms with Gasteiger partial charge in [0.15, 0.2) is 0 Å². The molecule has 0 N–H and O–H groups in total. The van der Waals surface area contributed by atoms with Gasteiger partial charge in [0, 0.05) is 26.3 Å². The van der Waals surface area contributed by atoms with Crippen LogP contribution in [0.2, 0.25) is 0 Å². The summed E-state index contributed by atoms with van der Waals surface area (Å²) in [4.78, 5) is 0.309. The van der Waals surface area contributed by atoms with Crippen LogP contribution in [0.3, 0.4) is 0 Å². The third kappa shape index (κ3) is 2.22. The maximum absolute atomic E-state index is 12.5. The smallest absolute Gasteiger partial charge is 0.247 e. The maximum Gasteiger partial charge on any atom is 0.247 e. The van der Waals surface area contributed by atoms with Gasteiger partial charge in [-0.2, -0.15) is 9.40 Å². The number of aryl methyl sites for hydroxylation is 2. The van der Waals surface area contributed by atoms with Gasteiger partial charge in [0.05, 0.1) is 5.69 Å². The Kier molecular flexibility index (Phi) is 3.33. The van der Waals surface area contributed by atoms with E-state index in [2.05, 4.69) is 18.9 Å². The molecule has 100 valence electrons. The average Bonchev–Trinajstić information content (AvgIpc) is 2.85. The second kappa shape index (κ2) is 4.51. The summed E-state index contributed by atoms with van der Waals surface area (Å²) >= 11 is 0. The minimum Gasteiger partial charge on any atom is -0.274 e. The van der Waals surface area contributed by atoms with Crippen molar-refractivity contribution >= 4 is 10.0 Å². The van der Waals surface area contributed by atoms with Crippen molar-refractivity contribution in [3.8, 4) is 0 Å². The van der Waals surface area contributed by atoms with Gasteiger partial charge in [-0.25, -0.2) is 8.42 Å². The Hall–Kier alpha value is -1.14. The highest BCUT2D eigenvalue weighted by molar-refractivity contribution is 7.89. The molecule has 2 heterocycles. The van der Waals surface area contributed by atoms with Gasteiger partial charge in [0.1, 0.15) is 4.90 Å². The highest BCUT2D eigenvalue weighted by Crippen LogP contribution is 2.25. The fourth-order valence-corrected chi connectivity index (χ4v) is 3.69. The van der Waals surface area contributed by atoms with Gasteiger partial charge in [0.25, 0.3) is 0 Å². The van der Waals surface area contributed by atoms with E-state index in [-0.39, 0.29) is 0 Å². The summed E-state index contributed by atoms with van der Waals surface area (Å²) in [5.74, 6) is 0.389. The van der Waals surface area contributed by atoms with Crippen molar-refractivity contribution < 1.29 is 8.42 Å². The Labute approximate surface area is 108 Å². The molecule has 6 heteroatoms. The summed E-state index contributed by atoms with van der Waals surface area (Å²) in [6, 6.07) is 0. The topological polar surface area (TPSA) is 55.2 Å². The zero-order valence-electron chi connectivity index (χ0n) is 11.2. The van der Waals surface area contributed by atoms with Crippen LogP contribution in [0.1, 0.15) is 19.5 Å². The first kappa shape index (κ1) is 13.3. The van der Waals surface area contributed by atoms with Crippen molar-refractivity contribution in [1.82, 2.24) is 14.1 Å². The van der Waals surface area contributed by atoms with Crippen molar-refractivity contribution in [2.24, 2.45) is 13.0 Å². The number of sulfonamides is 1. The summed E-state index contributed by atoms with van der Waals surface area (Å²) in [5.41, 5.74) is 1.73. The Morgan fingerprint density at radius 1 is 1.39 bits per heavy atom. The van der Waals surface area contributed by atoms with E-state index in [1.807, 2.05) is 6.08 Å². The minimum absolute atomic E-state index is 0.309. The van der Waals surface area contributed by atoms with Gasteiger partial charge in [0.2, 0.25) is 10.0 Å². The SMILES string of the molecule is Cc1nn(C)cc1S(=O)(=O)N1CC=C(C(C)C)C1. The molecule has 0 saturated carbocycles. The summed E-state index contributed by atoms with van der Waals surface area (Å²) < 4.78 is 28.0. The summed E-state index contributed by atoms with van der Waals surface area (Å²) in [5, 5.41) is 4.10. The first-order chi connectivity index (χ1) is 8.32. The zero-order chi connectivity index (χ0) is 13.5. The second-order valence-electron chi connectivity index (χ2n) is 4.98. The standard InChI is InChI=1S/C12H19N3O2S/c1-9(2)11-5-6-15(7-11)18(16,17)12-8-14(4)13-10(12)3/h5,8-9H,6-7H2,1-4H3. The van der Waals surface area contributed by atoms with Crippen LogP contribution in [0.25, 0.3) is 0 Å². The molecule has 1 aliphatic heterocycles. The van der Waals surface area contributed by atoms with Crippen LogP contribution in [0.4, 0.5) is 0 Å². The molecular formula is C12H19N3O2S. The number of hydrogen-bond acceptors (Lipinski definition) is 3. The van der Waals surface area contributed by atoms with Crippen molar-refractivity contribution in [2.45, 2.75) is 25.7 Å². The molecule has 1 aromatic rings. The lowest BCUT2D eigenvalue weighted by atomic mass is 10.1. The second-order valence-corrected chi connectivity index (χ2v) is 6.89. The zero-order valence-corrected chi connectivity index (χ0v) is 12.0. The maximum atomic E-state index is 12.5. The van der Waals surface area contributed by atoms with Crippen LogP contribution in [-0.2, 0) is 17.1 Å². The van der Waals surface area contributed by atoms with Crippen molar-refractivity contribution in [2.75, 3.05) is 13.1 Å². The predicted molar refractivity (Wildman–Crippen MR) is 69.6 cm³/mol. The number of nitrogens with zero attached hydrogens (tertiary/aromatic N) is 3. The van der Waals surface area contributed by atoms with E-state index in [9.17, 15) is 8.42 Å². The third-order valence-electron chi connectivity index (χ3n) is 3.24. The van der Waals surface area contributed by atoms with E-state index >= 15 is 0 Å². The van der Waals surface area contributed by atoms with E-state index in [1.54, 1.807) is 20.2 Å². The molecular weight excluding hydrogens is 250 g/mol. The first-order valence-electron chi connectivity index (χ1n) is 6.01. The van der Waals surface area contributed by atoms with Crippen LogP contribution in [0.5, 0.6) is 0 Å².